The molecule has 0 spiro atoms. The second-order valence-corrected chi connectivity index (χ2v) is 4.71. The summed E-state index contributed by atoms with van der Waals surface area (Å²) in [6.07, 6.45) is 2.83. The number of hydrogen-bond donors (Lipinski definition) is 0. The molecule has 1 radical (unpaired) electrons. The van der Waals surface area contributed by atoms with Crippen molar-refractivity contribution in [3.63, 3.8) is 0 Å². The van der Waals surface area contributed by atoms with E-state index in [9.17, 15) is 0 Å². The van der Waals surface area contributed by atoms with Gasteiger partial charge < -0.3 is 9.57 Å². The second kappa shape index (κ2) is 6.95. The molecule has 3 nitrogen and oxygen atoms in total. The van der Waals surface area contributed by atoms with Gasteiger partial charge in [-0.2, -0.15) is 0 Å². The minimum absolute atomic E-state index is 0.352. The monoisotopic (exact) mass is 318 g/mol. The molecule has 0 atom stereocenters. The van der Waals surface area contributed by atoms with Crippen molar-refractivity contribution in [3.8, 4) is 5.75 Å². The molecule has 4 heteroatoms. The van der Waals surface area contributed by atoms with E-state index in [0.717, 1.165) is 21.3 Å². The van der Waals surface area contributed by atoms with E-state index in [0.29, 0.717) is 6.61 Å². The molecule has 0 saturated carbocycles. The first-order chi connectivity index (χ1) is 9.29. The van der Waals surface area contributed by atoms with Gasteiger partial charge in [0.05, 0.1) is 7.11 Å². The molecule has 0 fully saturated rings. The Kier molecular flexibility index (Phi) is 4.98. The molecular weight excluding hydrogens is 306 g/mol. The fourth-order valence-electron chi connectivity index (χ4n) is 1.57. The van der Waals surface area contributed by atoms with Crippen molar-refractivity contribution < 1.29 is 9.57 Å². The molecule has 0 bridgehead atoms. The van der Waals surface area contributed by atoms with E-state index in [2.05, 4.69) is 27.3 Å². The SMILES string of the molecule is COc1ccccc1CO/N=[C]\c1cccc(Br)c1. The normalized spacial score (nSPS) is 10.6. The molecule has 2 rings (SSSR count). The number of methoxy groups -OCH3 is 1. The van der Waals surface area contributed by atoms with Crippen LogP contribution >= 0.6 is 15.9 Å². The van der Waals surface area contributed by atoms with Crippen LogP contribution in [-0.4, -0.2) is 13.3 Å². The first-order valence-corrected chi connectivity index (χ1v) is 6.54. The molecule has 97 valence electrons. The number of halogens is 1. The Balaban J connectivity index is 1.93. The first-order valence-electron chi connectivity index (χ1n) is 5.75. The number of rotatable bonds is 5. The van der Waals surface area contributed by atoms with E-state index >= 15 is 0 Å². The van der Waals surface area contributed by atoms with Gasteiger partial charge in [-0.1, -0.05) is 51.4 Å². The highest BCUT2D eigenvalue weighted by molar-refractivity contribution is 9.10. The lowest BCUT2D eigenvalue weighted by molar-refractivity contribution is 0.130. The highest BCUT2D eigenvalue weighted by Crippen LogP contribution is 2.18. The van der Waals surface area contributed by atoms with Gasteiger partial charge in [-0.15, -0.1) is 0 Å². The van der Waals surface area contributed by atoms with Gasteiger partial charge in [0.25, 0.3) is 0 Å². The first kappa shape index (κ1) is 13.6. The summed E-state index contributed by atoms with van der Waals surface area (Å²) in [6.45, 7) is 0.352. The Bertz CT molecular complexity index is 570. The van der Waals surface area contributed by atoms with E-state index in [4.69, 9.17) is 9.57 Å². The van der Waals surface area contributed by atoms with Gasteiger partial charge in [-0.25, -0.2) is 0 Å². The van der Waals surface area contributed by atoms with Crippen LogP contribution in [0.3, 0.4) is 0 Å². The summed E-state index contributed by atoms with van der Waals surface area (Å²) in [7, 11) is 1.63. The lowest BCUT2D eigenvalue weighted by atomic mass is 10.2. The Morgan fingerprint density at radius 1 is 1.16 bits per heavy atom. The number of para-hydroxylation sites is 1. The predicted molar refractivity (Wildman–Crippen MR) is 78.5 cm³/mol. The van der Waals surface area contributed by atoms with E-state index in [1.54, 1.807) is 7.11 Å². The van der Waals surface area contributed by atoms with Crippen LogP contribution in [0.2, 0.25) is 0 Å². The molecular formula is C15H13BrNO2. The minimum Gasteiger partial charge on any atom is -0.496 e. The molecule has 0 aromatic heterocycles. The van der Waals surface area contributed by atoms with Crippen LogP contribution < -0.4 is 4.74 Å². The van der Waals surface area contributed by atoms with Gasteiger partial charge in [0.1, 0.15) is 18.6 Å². The van der Waals surface area contributed by atoms with Gasteiger partial charge in [0, 0.05) is 15.6 Å². The van der Waals surface area contributed by atoms with E-state index < -0.39 is 0 Å². The molecule has 0 aliphatic carbocycles. The summed E-state index contributed by atoms with van der Waals surface area (Å²) in [5.41, 5.74) is 1.80. The third-order valence-corrected chi connectivity index (χ3v) is 2.97. The van der Waals surface area contributed by atoms with Gasteiger partial charge >= 0.3 is 0 Å². The summed E-state index contributed by atoms with van der Waals surface area (Å²) in [5.74, 6) is 0.792. The number of nitrogens with zero attached hydrogens (tertiary/aromatic N) is 1. The number of ether oxygens (including phenoxy) is 1. The van der Waals surface area contributed by atoms with Crippen molar-refractivity contribution in [2.45, 2.75) is 6.61 Å². The molecule has 0 aliphatic heterocycles. The van der Waals surface area contributed by atoms with Gasteiger partial charge in [0.2, 0.25) is 0 Å². The molecule has 19 heavy (non-hydrogen) atoms. The molecule has 0 aliphatic rings. The summed E-state index contributed by atoms with van der Waals surface area (Å²) >= 11 is 3.39. The lowest BCUT2D eigenvalue weighted by Gasteiger charge is -2.06. The van der Waals surface area contributed by atoms with E-state index in [-0.39, 0.29) is 0 Å². The van der Waals surface area contributed by atoms with Crippen molar-refractivity contribution in [1.29, 1.82) is 0 Å². The Hall–Kier alpha value is -1.81. The fourth-order valence-corrected chi connectivity index (χ4v) is 1.97. The van der Waals surface area contributed by atoms with Crippen LogP contribution in [0.4, 0.5) is 0 Å². The van der Waals surface area contributed by atoms with Crippen LogP contribution in [0.25, 0.3) is 0 Å². The van der Waals surface area contributed by atoms with Crippen LogP contribution in [0.15, 0.2) is 58.2 Å². The van der Waals surface area contributed by atoms with Crippen LogP contribution in [0.1, 0.15) is 11.1 Å². The van der Waals surface area contributed by atoms with E-state index in [1.807, 2.05) is 48.5 Å². The zero-order valence-electron chi connectivity index (χ0n) is 10.5. The van der Waals surface area contributed by atoms with Gasteiger partial charge in [0.15, 0.2) is 0 Å². The topological polar surface area (TPSA) is 30.8 Å². The second-order valence-electron chi connectivity index (χ2n) is 3.80. The maximum Gasteiger partial charge on any atom is 0.145 e. The van der Waals surface area contributed by atoms with Gasteiger partial charge in [-0.3, -0.25) is 0 Å². The average Bonchev–Trinajstić information content (AvgIpc) is 2.44. The van der Waals surface area contributed by atoms with E-state index in [1.165, 1.54) is 0 Å². The van der Waals surface area contributed by atoms with Crippen molar-refractivity contribution in [1.82, 2.24) is 0 Å². The third-order valence-electron chi connectivity index (χ3n) is 2.48. The smallest absolute Gasteiger partial charge is 0.145 e. The van der Waals surface area contributed by atoms with Gasteiger partial charge in [-0.05, 0) is 18.2 Å². The minimum atomic E-state index is 0.352. The highest BCUT2D eigenvalue weighted by atomic mass is 79.9. The summed E-state index contributed by atoms with van der Waals surface area (Å²) in [6, 6.07) is 15.4. The molecule has 0 amide bonds. The number of hydrogen-bond acceptors (Lipinski definition) is 3. The van der Waals surface area contributed by atoms with Crippen LogP contribution in [-0.2, 0) is 11.4 Å². The molecule has 0 N–H and O–H groups in total. The summed E-state index contributed by atoms with van der Waals surface area (Å²) in [4.78, 5) is 5.22. The third kappa shape index (κ3) is 4.10. The fraction of sp³-hybridized carbons (Fsp3) is 0.133. The lowest BCUT2D eigenvalue weighted by Crippen LogP contribution is -1.93. The van der Waals surface area contributed by atoms with Crippen molar-refractivity contribution in [2.75, 3.05) is 7.11 Å². The molecule has 0 saturated heterocycles. The van der Waals surface area contributed by atoms with Crippen molar-refractivity contribution in [3.05, 3.63) is 64.1 Å². The maximum atomic E-state index is 5.23. The molecule has 2 aromatic carbocycles. The molecule has 0 heterocycles. The quantitative estimate of drug-likeness (QED) is 0.618. The maximum absolute atomic E-state index is 5.23. The zero-order chi connectivity index (χ0) is 13.5. The Morgan fingerprint density at radius 3 is 2.79 bits per heavy atom. The van der Waals surface area contributed by atoms with Crippen molar-refractivity contribution in [2.24, 2.45) is 5.16 Å². The number of benzene rings is 2. The van der Waals surface area contributed by atoms with Crippen LogP contribution in [0.5, 0.6) is 5.75 Å². The van der Waals surface area contributed by atoms with Crippen molar-refractivity contribution >= 4 is 22.1 Å². The Morgan fingerprint density at radius 2 is 2.00 bits per heavy atom. The molecule has 0 unspecified atom stereocenters. The highest BCUT2D eigenvalue weighted by Gasteiger charge is 2.00. The average molecular weight is 319 g/mol. The standard InChI is InChI=1S/C15H13BrNO2/c1-18-15-8-3-2-6-13(15)11-19-17-10-12-5-4-7-14(16)9-12/h2-9H,11H2,1H3. The zero-order valence-corrected chi connectivity index (χ0v) is 12.1. The summed E-state index contributed by atoms with van der Waals surface area (Å²) in [5, 5.41) is 3.83. The predicted octanol–water partition coefficient (Wildman–Crippen LogP) is 3.89. The Labute approximate surface area is 121 Å². The van der Waals surface area contributed by atoms with Crippen LogP contribution in [0, 0.1) is 0 Å². The summed E-state index contributed by atoms with van der Waals surface area (Å²) < 4.78 is 6.21. The largest absolute Gasteiger partial charge is 0.496 e. The molecule has 2 aromatic rings.